The Morgan fingerprint density at radius 1 is 1.43 bits per heavy atom. The molecule has 0 aliphatic rings. The van der Waals surface area contributed by atoms with E-state index in [9.17, 15) is 4.79 Å². The first-order valence-corrected chi connectivity index (χ1v) is 5.03. The standard InChI is InChI=1S/C9H11BBrNO2/c10-14-9(13)6-12-5-7-1-3-8(11)4-2-7/h1-4,12H,5-6,10H2. The van der Waals surface area contributed by atoms with Crippen LogP contribution in [-0.2, 0) is 16.0 Å². The van der Waals surface area contributed by atoms with Crippen LogP contribution >= 0.6 is 15.9 Å². The number of carbonyl (C=O) groups excluding carboxylic acids is 1. The summed E-state index contributed by atoms with van der Waals surface area (Å²) in [5, 5.41) is 2.98. The van der Waals surface area contributed by atoms with Crippen LogP contribution in [0.1, 0.15) is 5.56 Å². The topological polar surface area (TPSA) is 38.3 Å². The lowest BCUT2D eigenvalue weighted by molar-refractivity contribution is -0.133. The number of nitrogens with one attached hydrogen (secondary N) is 1. The number of rotatable bonds is 4. The Hall–Kier alpha value is -0.805. The van der Waals surface area contributed by atoms with E-state index in [4.69, 9.17) is 0 Å². The third-order valence-corrected chi connectivity index (χ3v) is 2.27. The second-order valence-electron chi connectivity index (χ2n) is 2.81. The maximum atomic E-state index is 10.8. The summed E-state index contributed by atoms with van der Waals surface area (Å²) in [6, 6.07) is 7.92. The maximum absolute atomic E-state index is 10.8. The van der Waals surface area contributed by atoms with Crippen molar-refractivity contribution in [1.82, 2.24) is 5.32 Å². The third kappa shape index (κ3) is 3.94. The lowest BCUT2D eigenvalue weighted by Crippen LogP contribution is -2.23. The van der Waals surface area contributed by atoms with Crippen molar-refractivity contribution in [2.45, 2.75) is 6.54 Å². The minimum absolute atomic E-state index is 0.243. The smallest absolute Gasteiger partial charge is 0.326 e. The van der Waals surface area contributed by atoms with Gasteiger partial charge in [-0.15, -0.1) is 0 Å². The first kappa shape index (κ1) is 11.3. The van der Waals surface area contributed by atoms with Gasteiger partial charge in [0.05, 0.1) is 6.54 Å². The zero-order valence-electron chi connectivity index (χ0n) is 7.92. The highest BCUT2D eigenvalue weighted by Crippen LogP contribution is 2.09. The van der Waals surface area contributed by atoms with E-state index in [0.29, 0.717) is 6.54 Å². The molecule has 1 aromatic carbocycles. The predicted octanol–water partition coefficient (Wildman–Crippen LogP) is 0.630. The Morgan fingerprint density at radius 3 is 2.64 bits per heavy atom. The maximum Gasteiger partial charge on any atom is 0.326 e. The predicted molar refractivity (Wildman–Crippen MR) is 60.5 cm³/mol. The molecule has 1 aromatic rings. The summed E-state index contributed by atoms with van der Waals surface area (Å²) in [6.45, 7) is 0.912. The van der Waals surface area contributed by atoms with E-state index in [1.165, 1.54) is 8.05 Å². The second-order valence-corrected chi connectivity index (χ2v) is 3.72. The van der Waals surface area contributed by atoms with Crippen molar-refractivity contribution in [3.05, 3.63) is 34.3 Å². The Balaban J connectivity index is 2.31. The molecule has 1 N–H and O–H groups in total. The highest BCUT2D eigenvalue weighted by Gasteiger charge is 1.98. The molecule has 0 fully saturated rings. The summed E-state index contributed by atoms with van der Waals surface area (Å²) in [6.07, 6.45) is 0. The van der Waals surface area contributed by atoms with Gasteiger partial charge in [-0.1, -0.05) is 28.1 Å². The summed E-state index contributed by atoms with van der Waals surface area (Å²) in [5.74, 6) is -0.248. The van der Waals surface area contributed by atoms with Gasteiger partial charge in [0, 0.05) is 11.0 Å². The average Bonchev–Trinajstić information content (AvgIpc) is 2.21. The quantitative estimate of drug-likeness (QED) is 0.803. The van der Waals surface area contributed by atoms with E-state index in [0.717, 1.165) is 10.0 Å². The fraction of sp³-hybridized carbons (Fsp3) is 0.222. The fourth-order valence-corrected chi connectivity index (χ4v) is 1.25. The normalized spacial score (nSPS) is 9.79. The van der Waals surface area contributed by atoms with Crippen LogP contribution in [0, 0.1) is 0 Å². The van der Waals surface area contributed by atoms with Gasteiger partial charge in [0.2, 0.25) is 0 Å². The van der Waals surface area contributed by atoms with Crippen LogP contribution in [0.5, 0.6) is 0 Å². The summed E-state index contributed by atoms with van der Waals surface area (Å²) in [4.78, 5) is 10.8. The molecular weight excluding hydrogens is 245 g/mol. The van der Waals surface area contributed by atoms with Gasteiger partial charge in [0.25, 0.3) is 0 Å². The molecule has 74 valence electrons. The highest BCUT2D eigenvalue weighted by molar-refractivity contribution is 9.10. The fourth-order valence-electron chi connectivity index (χ4n) is 0.983. The Kier molecular flexibility index (Phi) is 4.69. The van der Waals surface area contributed by atoms with Crippen molar-refractivity contribution in [2.24, 2.45) is 0 Å². The van der Waals surface area contributed by atoms with Crippen molar-refractivity contribution in [3.63, 3.8) is 0 Å². The molecule has 0 aliphatic carbocycles. The van der Waals surface area contributed by atoms with E-state index >= 15 is 0 Å². The molecule has 0 atom stereocenters. The van der Waals surface area contributed by atoms with Gasteiger partial charge in [-0.2, -0.15) is 0 Å². The van der Waals surface area contributed by atoms with E-state index in [1.807, 2.05) is 24.3 Å². The molecule has 0 unspecified atom stereocenters. The van der Waals surface area contributed by atoms with Crippen LogP contribution in [0.4, 0.5) is 0 Å². The number of hydrogen-bond acceptors (Lipinski definition) is 3. The summed E-state index contributed by atoms with van der Waals surface area (Å²) >= 11 is 3.35. The van der Waals surface area contributed by atoms with Crippen LogP contribution in [0.15, 0.2) is 28.7 Å². The number of benzene rings is 1. The molecule has 0 radical (unpaired) electrons. The third-order valence-electron chi connectivity index (χ3n) is 1.74. The molecule has 0 spiro atoms. The van der Waals surface area contributed by atoms with E-state index in [2.05, 4.69) is 25.9 Å². The SMILES string of the molecule is BOC(=O)CNCc1ccc(Br)cc1. The Morgan fingerprint density at radius 2 is 2.07 bits per heavy atom. The molecule has 1 rings (SSSR count). The molecule has 0 saturated heterocycles. The molecule has 14 heavy (non-hydrogen) atoms. The first-order chi connectivity index (χ1) is 6.72. The highest BCUT2D eigenvalue weighted by atomic mass is 79.9. The van der Waals surface area contributed by atoms with Gasteiger partial charge >= 0.3 is 14.0 Å². The van der Waals surface area contributed by atoms with E-state index in [1.54, 1.807) is 0 Å². The lowest BCUT2D eigenvalue weighted by Gasteiger charge is -2.03. The number of halogens is 1. The van der Waals surface area contributed by atoms with E-state index < -0.39 is 0 Å². The first-order valence-electron chi connectivity index (χ1n) is 4.24. The molecule has 0 saturated carbocycles. The number of carbonyl (C=O) groups is 1. The van der Waals surface area contributed by atoms with Crippen LogP contribution in [-0.4, -0.2) is 20.6 Å². The van der Waals surface area contributed by atoms with Crippen LogP contribution in [0.3, 0.4) is 0 Å². The molecule has 3 nitrogen and oxygen atoms in total. The zero-order valence-corrected chi connectivity index (χ0v) is 9.50. The second kappa shape index (κ2) is 5.83. The van der Waals surface area contributed by atoms with E-state index in [-0.39, 0.29) is 12.5 Å². The molecule has 5 heteroatoms. The molecule has 0 bridgehead atoms. The van der Waals surface area contributed by atoms with Crippen LogP contribution in [0.25, 0.3) is 0 Å². The summed E-state index contributed by atoms with van der Waals surface area (Å²) in [7, 11) is 1.38. The summed E-state index contributed by atoms with van der Waals surface area (Å²) < 4.78 is 5.55. The largest absolute Gasteiger partial charge is 0.542 e. The lowest BCUT2D eigenvalue weighted by atomic mass is 10.2. The van der Waals surface area contributed by atoms with Crippen molar-refractivity contribution in [3.8, 4) is 0 Å². The minimum atomic E-state index is -0.248. The molecule has 0 amide bonds. The van der Waals surface area contributed by atoms with Gasteiger partial charge in [0.1, 0.15) is 0 Å². The van der Waals surface area contributed by atoms with Crippen LogP contribution < -0.4 is 5.32 Å². The Bertz CT molecular complexity index is 302. The number of hydrogen-bond donors (Lipinski definition) is 1. The molecule has 0 aliphatic heterocycles. The molecule has 0 aromatic heterocycles. The Labute approximate surface area is 92.4 Å². The van der Waals surface area contributed by atoms with Crippen molar-refractivity contribution in [1.29, 1.82) is 0 Å². The van der Waals surface area contributed by atoms with Crippen molar-refractivity contribution in [2.75, 3.05) is 6.54 Å². The van der Waals surface area contributed by atoms with Crippen molar-refractivity contribution >= 4 is 29.9 Å². The van der Waals surface area contributed by atoms with Gasteiger partial charge in [-0.05, 0) is 17.7 Å². The zero-order chi connectivity index (χ0) is 10.4. The average molecular weight is 256 g/mol. The van der Waals surface area contributed by atoms with Crippen molar-refractivity contribution < 1.29 is 9.45 Å². The van der Waals surface area contributed by atoms with Gasteiger partial charge < -0.3 is 9.97 Å². The van der Waals surface area contributed by atoms with Gasteiger partial charge in [-0.25, -0.2) is 0 Å². The van der Waals surface area contributed by atoms with Gasteiger partial charge in [0.15, 0.2) is 0 Å². The summed E-state index contributed by atoms with van der Waals surface area (Å²) in [5.41, 5.74) is 1.14. The van der Waals surface area contributed by atoms with Crippen LogP contribution in [0.2, 0.25) is 0 Å². The minimum Gasteiger partial charge on any atom is -0.542 e. The monoisotopic (exact) mass is 255 g/mol. The van der Waals surface area contributed by atoms with Gasteiger partial charge in [-0.3, -0.25) is 4.79 Å². The molecular formula is C9H11BBrNO2. The molecule has 0 heterocycles.